The average Bonchev–Trinajstić information content (AvgIpc) is 2.16. The Bertz CT molecular complexity index is 470. The van der Waals surface area contributed by atoms with E-state index in [1.807, 2.05) is 0 Å². The van der Waals surface area contributed by atoms with Crippen molar-refractivity contribution in [1.82, 2.24) is 0 Å². The van der Waals surface area contributed by atoms with Crippen LogP contribution < -0.4 is 0 Å². The van der Waals surface area contributed by atoms with Crippen LogP contribution in [0.3, 0.4) is 0 Å². The lowest BCUT2D eigenvalue weighted by Gasteiger charge is -2.23. The zero-order valence-electron chi connectivity index (χ0n) is 8.19. The lowest BCUT2D eigenvalue weighted by Crippen LogP contribution is -2.32. The molecule has 1 unspecified atom stereocenters. The molecule has 16 heavy (non-hydrogen) atoms. The Hall–Kier alpha value is -0.360. The SMILES string of the molecule is CS(=O)(=O)C(Cl)(Cl)C(O)c1ccc(F)cc1. The normalized spacial score (nSPS) is 14.8. The predicted molar refractivity (Wildman–Crippen MR) is 60.6 cm³/mol. The second kappa shape index (κ2) is 4.49. The molecule has 0 radical (unpaired) electrons. The summed E-state index contributed by atoms with van der Waals surface area (Å²) in [6, 6.07) is 4.57. The predicted octanol–water partition coefficient (Wildman–Crippen LogP) is 2.04. The lowest BCUT2D eigenvalue weighted by molar-refractivity contribution is 0.181. The van der Waals surface area contributed by atoms with Crippen molar-refractivity contribution in [1.29, 1.82) is 0 Å². The van der Waals surface area contributed by atoms with Crippen LogP contribution in [0.25, 0.3) is 0 Å². The first kappa shape index (κ1) is 13.7. The van der Waals surface area contributed by atoms with Crippen molar-refractivity contribution in [3.63, 3.8) is 0 Å². The quantitative estimate of drug-likeness (QED) is 0.865. The van der Waals surface area contributed by atoms with Crippen LogP contribution in [0.1, 0.15) is 11.7 Å². The first-order valence-electron chi connectivity index (χ1n) is 4.17. The maximum absolute atomic E-state index is 12.6. The molecule has 0 aromatic heterocycles. The van der Waals surface area contributed by atoms with E-state index in [1.54, 1.807) is 0 Å². The van der Waals surface area contributed by atoms with Gasteiger partial charge < -0.3 is 5.11 Å². The molecule has 0 spiro atoms. The summed E-state index contributed by atoms with van der Waals surface area (Å²) in [6.45, 7) is 0. The molecule has 0 heterocycles. The second-order valence-electron chi connectivity index (χ2n) is 3.29. The summed E-state index contributed by atoms with van der Waals surface area (Å²) in [7, 11) is -3.87. The topological polar surface area (TPSA) is 54.4 Å². The Morgan fingerprint density at radius 3 is 2.12 bits per heavy atom. The molecule has 0 bridgehead atoms. The molecule has 0 aliphatic heterocycles. The van der Waals surface area contributed by atoms with E-state index >= 15 is 0 Å². The zero-order valence-corrected chi connectivity index (χ0v) is 10.5. The van der Waals surface area contributed by atoms with Crippen molar-refractivity contribution in [2.75, 3.05) is 6.26 Å². The number of sulfone groups is 1. The van der Waals surface area contributed by atoms with Gasteiger partial charge in [-0.25, -0.2) is 12.8 Å². The minimum absolute atomic E-state index is 0.122. The average molecular weight is 287 g/mol. The molecule has 1 aromatic rings. The Morgan fingerprint density at radius 1 is 1.31 bits per heavy atom. The van der Waals surface area contributed by atoms with Gasteiger partial charge in [0.05, 0.1) is 0 Å². The van der Waals surface area contributed by atoms with Crippen molar-refractivity contribution in [3.8, 4) is 0 Å². The van der Waals surface area contributed by atoms with E-state index in [2.05, 4.69) is 0 Å². The lowest BCUT2D eigenvalue weighted by atomic mass is 10.1. The number of alkyl halides is 2. The van der Waals surface area contributed by atoms with Gasteiger partial charge in [0, 0.05) is 6.26 Å². The van der Waals surface area contributed by atoms with Crippen molar-refractivity contribution in [3.05, 3.63) is 35.6 Å². The molecular formula is C9H9Cl2FO3S. The number of aliphatic hydroxyl groups excluding tert-OH is 1. The van der Waals surface area contributed by atoms with E-state index in [1.165, 1.54) is 12.1 Å². The summed E-state index contributed by atoms with van der Waals surface area (Å²) in [5, 5.41) is 9.71. The van der Waals surface area contributed by atoms with Gasteiger partial charge in [0.25, 0.3) is 0 Å². The molecule has 7 heteroatoms. The molecule has 1 atom stereocenters. The molecule has 0 amide bonds. The van der Waals surface area contributed by atoms with E-state index in [4.69, 9.17) is 23.2 Å². The molecule has 1 N–H and O–H groups in total. The minimum atomic E-state index is -3.87. The van der Waals surface area contributed by atoms with Crippen molar-refractivity contribution >= 4 is 33.0 Å². The van der Waals surface area contributed by atoms with Gasteiger partial charge >= 0.3 is 0 Å². The van der Waals surface area contributed by atoms with Gasteiger partial charge in [-0.1, -0.05) is 35.3 Å². The monoisotopic (exact) mass is 286 g/mol. The summed E-state index contributed by atoms with van der Waals surface area (Å²) in [5.74, 6) is -0.509. The molecule has 1 rings (SSSR count). The van der Waals surface area contributed by atoms with Crippen LogP contribution in [0, 0.1) is 5.82 Å². The molecule has 0 aliphatic carbocycles. The fraction of sp³-hybridized carbons (Fsp3) is 0.333. The molecule has 0 saturated heterocycles. The Morgan fingerprint density at radius 2 is 1.75 bits per heavy atom. The third-order valence-corrected chi connectivity index (χ3v) is 5.31. The molecular weight excluding hydrogens is 278 g/mol. The highest BCUT2D eigenvalue weighted by molar-refractivity contribution is 7.94. The minimum Gasteiger partial charge on any atom is -0.384 e. The van der Waals surface area contributed by atoms with Crippen molar-refractivity contribution in [2.45, 2.75) is 9.77 Å². The van der Waals surface area contributed by atoms with E-state index in [0.29, 0.717) is 0 Å². The summed E-state index contributed by atoms with van der Waals surface area (Å²) in [4.78, 5) is 0. The van der Waals surface area contributed by atoms with E-state index in [9.17, 15) is 17.9 Å². The number of halogens is 3. The van der Waals surface area contributed by atoms with Gasteiger partial charge in [-0.3, -0.25) is 0 Å². The summed E-state index contributed by atoms with van der Waals surface area (Å²) >= 11 is 11.1. The van der Waals surface area contributed by atoms with Crippen LogP contribution in [-0.4, -0.2) is 23.4 Å². The van der Waals surface area contributed by atoms with Crippen LogP contribution >= 0.6 is 23.2 Å². The van der Waals surface area contributed by atoms with Gasteiger partial charge in [-0.2, -0.15) is 0 Å². The maximum Gasteiger partial charge on any atom is 0.247 e. The van der Waals surface area contributed by atoms with Crippen molar-refractivity contribution in [2.24, 2.45) is 0 Å². The van der Waals surface area contributed by atoms with E-state index in [0.717, 1.165) is 18.4 Å². The second-order valence-corrected chi connectivity index (χ2v) is 7.31. The number of aliphatic hydroxyl groups is 1. The summed E-state index contributed by atoms with van der Waals surface area (Å²) in [5.41, 5.74) is 0.122. The first-order valence-corrected chi connectivity index (χ1v) is 6.82. The van der Waals surface area contributed by atoms with Gasteiger partial charge in [-0.15, -0.1) is 0 Å². The summed E-state index contributed by atoms with van der Waals surface area (Å²) in [6.07, 6.45) is -0.842. The van der Waals surface area contributed by atoms with Crippen LogP contribution in [0.15, 0.2) is 24.3 Å². The third-order valence-electron chi connectivity index (χ3n) is 2.00. The van der Waals surface area contributed by atoms with E-state index in [-0.39, 0.29) is 5.56 Å². The Labute approximate surface area is 103 Å². The van der Waals surface area contributed by atoms with Gasteiger partial charge in [0.15, 0.2) is 9.84 Å². The highest BCUT2D eigenvalue weighted by atomic mass is 35.5. The molecule has 0 saturated carbocycles. The van der Waals surface area contributed by atoms with E-state index < -0.39 is 25.4 Å². The number of benzene rings is 1. The van der Waals surface area contributed by atoms with Crippen LogP contribution in [0.2, 0.25) is 0 Å². The van der Waals surface area contributed by atoms with Gasteiger partial charge in [-0.05, 0) is 17.7 Å². The van der Waals surface area contributed by atoms with Crippen molar-refractivity contribution < 1.29 is 17.9 Å². The number of rotatable bonds is 3. The summed E-state index contributed by atoms with van der Waals surface area (Å²) < 4.78 is 32.7. The molecule has 0 fully saturated rings. The highest BCUT2D eigenvalue weighted by Crippen LogP contribution is 2.40. The molecule has 3 nitrogen and oxygen atoms in total. The van der Waals surface area contributed by atoms with Gasteiger partial charge in [0.2, 0.25) is 3.67 Å². The Balaban J connectivity index is 3.12. The van der Waals surface area contributed by atoms with Crippen LogP contribution in [0.4, 0.5) is 4.39 Å². The zero-order chi connectivity index (χ0) is 12.6. The molecule has 1 aromatic carbocycles. The van der Waals surface area contributed by atoms with Crippen LogP contribution in [0.5, 0.6) is 0 Å². The Kier molecular flexibility index (Phi) is 3.84. The number of hydrogen-bond acceptors (Lipinski definition) is 3. The third kappa shape index (κ3) is 2.66. The maximum atomic E-state index is 12.6. The molecule has 0 aliphatic rings. The smallest absolute Gasteiger partial charge is 0.247 e. The van der Waals surface area contributed by atoms with Gasteiger partial charge in [0.1, 0.15) is 11.9 Å². The largest absolute Gasteiger partial charge is 0.384 e. The fourth-order valence-corrected chi connectivity index (χ4v) is 1.84. The van der Waals surface area contributed by atoms with Crippen LogP contribution in [-0.2, 0) is 9.84 Å². The fourth-order valence-electron chi connectivity index (χ4n) is 1.04. The first-order chi connectivity index (χ1) is 7.16. The number of hydrogen-bond donors (Lipinski definition) is 1. The standard InChI is InChI=1S/C9H9Cl2FO3S/c1-16(14,15)9(10,11)8(13)6-2-4-7(12)5-3-6/h2-5,8,13H,1H3. The molecule has 90 valence electrons. The highest BCUT2D eigenvalue weighted by Gasteiger charge is 2.44.